The zero-order valence-corrected chi connectivity index (χ0v) is 10.9. The van der Waals surface area contributed by atoms with E-state index in [0.717, 1.165) is 12.8 Å². The summed E-state index contributed by atoms with van der Waals surface area (Å²) in [6, 6.07) is 0. The summed E-state index contributed by atoms with van der Waals surface area (Å²) in [5.41, 5.74) is 5.55. The highest BCUT2D eigenvalue weighted by molar-refractivity contribution is 6.35. The van der Waals surface area contributed by atoms with Crippen molar-refractivity contribution in [1.29, 1.82) is 0 Å². The maximum absolute atomic E-state index is 9.95. The number of nitrogens with one attached hydrogen (secondary N) is 1. The Morgan fingerprint density at radius 2 is 2.06 bits per heavy atom. The first-order chi connectivity index (χ1) is 8.10. The van der Waals surface area contributed by atoms with Gasteiger partial charge in [-0.1, -0.05) is 38.3 Å². The Bertz CT molecular complexity index is 357. The first-order valence-electron chi connectivity index (χ1n) is 5.78. The number of anilines is 2. The van der Waals surface area contributed by atoms with Crippen molar-refractivity contribution in [3.05, 3.63) is 11.3 Å². The van der Waals surface area contributed by atoms with Crippen molar-refractivity contribution in [1.82, 2.24) is 9.97 Å². The van der Waals surface area contributed by atoms with E-state index < -0.39 is 6.10 Å². The fourth-order valence-electron chi connectivity index (χ4n) is 1.71. The number of aliphatic hydroxyl groups is 1. The molecule has 1 heterocycles. The predicted molar refractivity (Wildman–Crippen MR) is 70.0 cm³/mol. The van der Waals surface area contributed by atoms with E-state index in [-0.39, 0.29) is 11.7 Å². The second-order valence-electron chi connectivity index (χ2n) is 3.95. The number of nitrogens with two attached hydrogens (primary N) is 1. The van der Waals surface area contributed by atoms with E-state index in [0.29, 0.717) is 17.4 Å². The van der Waals surface area contributed by atoms with Crippen LogP contribution in [0.15, 0.2) is 6.33 Å². The lowest BCUT2D eigenvalue weighted by Gasteiger charge is -2.20. The topological polar surface area (TPSA) is 84.1 Å². The second-order valence-corrected chi connectivity index (χ2v) is 4.32. The monoisotopic (exact) mass is 258 g/mol. The maximum atomic E-state index is 9.95. The van der Waals surface area contributed by atoms with E-state index >= 15 is 0 Å². The lowest BCUT2D eigenvalue weighted by molar-refractivity contribution is 0.114. The van der Waals surface area contributed by atoms with Gasteiger partial charge in [0.2, 0.25) is 0 Å². The molecule has 0 radical (unpaired) electrons. The minimum Gasteiger partial charge on any atom is -0.391 e. The van der Waals surface area contributed by atoms with E-state index in [2.05, 4.69) is 29.1 Å². The van der Waals surface area contributed by atoms with Crippen LogP contribution in [0, 0.1) is 5.92 Å². The van der Waals surface area contributed by atoms with Gasteiger partial charge in [0.05, 0.1) is 6.10 Å². The summed E-state index contributed by atoms with van der Waals surface area (Å²) in [4.78, 5) is 7.74. The molecule has 1 aromatic heterocycles. The number of nitrogens with zero attached hydrogens (tertiary/aromatic N) is 2. The van der Waals surface area contributed by atoms with Crippen molar-refractivity contribution in [2.75, 3.05) is 17.6 Å². The quantitative estimate of drug-likeness (QED) is 0.726. The van der Waals surface area contributed by atoms with Crippen LogP contribution in [-0.2, 0) is 0 Å². The van der Waals surface area contributed by atoms with Gasteiger partial charge in [-0.15, -0.1) is 0 Å². The van der Waals surface area contributed by atoms with Crippen LogP contribution >= 0.6 is 11.6 Å². The Hall–Kier alpha value is -1.07. The van der Waals surface area contributed by atoms with E-state index in [1.807, 2.05) is 0 Å². The number of aliphatic hydroxyl groups excluding tert-OH is 1. The lowest BCUT2D eigenvalue weighted by Crippen LogP contribution is -2.28. The molecule has 1 aromatic rings. The number of halogens is 1. The average molecular weight is 259 g/mol. The fraction of sp³-hybridized carbons (Fsp3) is 0.636. The van der Waals surface area contributed by atoms with Gasteiger partial charge < -0.3 is 16.2 Å². The molecule has 0 amide bonds. The maximum Gasteiger partial charge on any atom is 0.150 e. The van der Waals surface area contributed by atoms with E-state index in [4.69, 9.17) is 17.3 Å². The third-order valence-electron chi connectivity index (χ3n) is 2.89. The number of rotatable bonds is 6. The number of aromatic nitrogens is 2. The van der Waals surface area contributed by atoms with Gasteiger partial charge in [0, 0.05) is 6.54 Å². The van der Waals surface area contributed by atoms with Crippen LogP contribution in [0.1, 0.15) is 26.7 Å². The van der Waals surface area contributed by atoms with Gasteiger partial charge in [0.1, 0.15) is 17.2 Å². The van der Waals surface area contributed by atoms with Crippen molar-refractivity contribution >= 4 is 23.2 Å². The Labute approximate surface area is 106 Å². The molecule has 0 saturated heterocycles. The molecule has 1 unspecified atom stereocenters. The zero-order valence-electron chi connectivity index (χ0n) is 10.2. The van der Waals surface area contributed by atoms with Gasteiger partial charge in [-0.2, -0.15) is 0 Å². The van der Waals surface area contributed by atoms with Crippen LogP contribution in [-0.4, -0.2) is 27.7 Å². The molecule has 0 aliphatic heterocycles. The molecule has 0 aliphatic carbocycles. The Kier molecular flexibility index (Phi) is 5.44. The van der Waals surface area contributed by atoms with E-state index in [1.54, 1.807) is 0 Å². The Morgan fingerprint density at radius 3 is 2.65 bits per heavy atom. The van der Waals surface area contributed by atoms with E-state index in [9.17, 15) is 5.11 Å². The number of nitrogen functional groups attached to an aromatic ring is 1. The van der Waals surface area contributed by atoms with Crippen LogP contribution in [0.4, 0.5) is 11.6 Å². The summed E-state index contributed by atoms with van der Waals surface area (Å²) in [5.74, 6) is 0.978. The highest BCUT2D eigenvalue weighted by Gasteiger charge is 2.16. The van der Waals surface area contributed by atoms with Crippen molar-refractivity contribution in [3.63, 3.8) is 0 Å². The summed E-state index contributed by atoms with van der Waals surface area (Å²) >= 11 is 5.93. The van der Waals surface area contributed by atoms with Gasteiger partial charge in [-0.05, 0) is 5.92 Å². The summed E-state index contributed by atoms with van der Waals surface area (Å²) in [6.45, 7) is 4.53. The number of hydrogen-bond acceptors (Lipinski definition) is 5. The fourth-order valence-corrected chi connectivity index (χ4v) is 1.87. The minimum atomic E-state index is -0.419. The van der Waals surface area contributed by atoms with Crippen LogP contribution in [0.5, 0.6) is 0 Å². The standard InChI is InChI=1S/C11H19ClN4O/c1-3-7(4-2)8(17)5-14-11-9(12)10(13)15-6-16-11/h6-8,17H,3-5H2,1-2H3,(H3,13,14,15,16). The highest BCUT2D eigenvalue weighted by atomic mass is 35.5. The molecule has 0 fully saturated rings. The molecule has 96 valence electrons. The summed E-state index contributed by atoms with van der Waals surface area (Å²) in [5, 5.41) is 13.2. The van der Waals surface area contributed by atoms with Crippen LogP contribution in [0.3, 0.4) is 0 Å². The predicted octanol–water partition coefficient (Wildman–Crippen LogP) is 1.92. The number of hydrogen-bond donors (Lipinski definition) is 3. The lowest BCUT2D eigenvalue weighted by atomic mass is 9.97. The van der Waals surface area contributed by atoms with Gasteiger partial charge >= 0.3 is 0 Å². The first kappa shape index (κ1) is 14.0. The zero-order chi connectivity index (χ0) is 12.8. The van der Waals surface area contributed by atoms with Crippen molar-refractivity contribution < 1.29 is 5.11 Å². The summed E-state index contributed by atoms with van der Waals surface area (Å²) in [7, 11) is 0. The van der Waals surface area contributed by atoms with E-state index in [1.165, 1.54) is 6.33 Å². The highest BCUT2D eigenvalue weighted by Crippen LogP contribution is 2.23. The Balaban J connectivity index is 2.58. The van der Waals surface area contributed by atoms with Crippen molar-refractivity contribution in [3.8, 4) is 0 Å². The van der Waals surface area contributed by atoms with Crippen LogP contribution in [0.25, 0.3) is 0 Å². The summed E-state index contributed by atoms with van der Waals surface area (Å²) < 4.78 is 0. The summed E-state index contributed by atoms with van der Waals surface area (Å²) in [6.07, 6.45) is 2.81. The molecule has 0 aliphatic rings. The first-order valence-corrected chi connectivity index (χ1v) is 6.15. The normalized spacial score (nSPS) is 12.8. The molecular weight excluding hydrogens is 240 g/mol. The SMILES string of the molecule is CCC(CC)C(O)CNc1ncnc(N)c1Cl. The van der Waals surface area contributed by atoms with Gasteiger partial charge in [0.25, 0.3) is 0 Å². The van der Waals surface area contributed by atoms with Crippen molar-refractivity contribution in [2.45, 2.75) is 32.8 Å². The molecule has 0 bridgehead atoms. The molecule has 4 N–H and O–H groups in total. The molecule has 0 aromatic carbocycles. The molecule has 0 spiro atoms. The smallest absolute Gasteiger partial charge is 0.150 e. The molecular formula is C11H19ClN4O. The van der Waals surface area contributed by atoms with Gasteiger partial charge in [-0.25, -0.2) is 9.97 Å². The van der Waals surface area contributed by atoms with Crippen LogP contribution < -0.4 is 11.1 Å². The molecule has 6 heteroatoms. The van der Waals surface area contributed by atoms with Gasteiger partial charge in [0.15, 0.2) is 5.82 Å². The second kappa shape index (κ2) is 6.61. The molecule has 5 nitrogen and oxygen atoms in total. The molecule has 1 atom stereocenters. The third kappa shape index (κ3) is 3.71. The average Bonchev–Trinajstić information content (AvgIpc) is 2.32. The van der Waals surface area contributed by atoms with Crippen molar-refractivity contribution in [2.24, 2.45) is 5.92 Å². The molecule has 0 saturated carbocycles. The van der Waals surface area contributed by atoms with Gasteiger partial charge in [-0.3, -0.25) is 0 Å². The molecule has 17 heavy (non-hydrogen) atoms. The Morgan fingerprint density at radius 1 is 1.41 bits per heavy atom. The molecule has 1 rings (SSSR count). The third-order valence-corrected chi connectivity index (χ3v) is 3.26. The van der Waals surface area contributed by atoms with Crippen LogP contribution in [0.2, 0.25) is 5.02 Å². The minimum absolute atomic E-state index is 0.237. The largest absolute Gasteiger partial charge is 0.391 e.